The topological polar surface area (TPSA) is 89.6 Å². The monoisotopic (exact) mass is 313 g/mol. The van der Waals surface area contributed by atoms with Gasteiger partial charge in [-0.3, -0.25) is 5.32 Å². The van der Waals surface area contributed by atoms with E-state index in [1.54, 1.807) is 26.2 Å². The van der Waals surface area contributed by atoms with E-state index in [0.29, 0.717) is 10.8 Å². The molecule has 2 amide bonds. The minimum absolute atomic E-state index is 0.128. The van der Waals surface area contributed by atoms with E-state index in [1.807, 2.05) is 0 Å². The lowest BCUT2D eigenvalue weighted by Gasteiger charge is -2.19. The van der Waals surface area contributed by atoms with E-state index in [9.17, 15) is 9.59 Å². The number of amides is 2. The SMILES string of the molecule is C=CCOC(=O)Nc1csc(CNC(=O)OC(C)(C)C)n1. The van der Waals surface area contributed by atoms with Crippen molar-refractivity contribution in [3.8, 4) is 0 Å². The molecule has 0 bridgehead atoms. The Hall–Kier alpha value is -2.09. The highest BCUT2D eigenvalue weighted by molar-refractivity contribution is 7.10. The van der Waals surface area contributed by atoms with Crippen LogP contribution < -0.4 is 10.6 Å². The summed E-state index contributed by atoms with van der Waals surface area (Å²) in [6, 6.07) is 0. The van der Waals surface area contributed by atoms with Crippen molar-refractivity contribution >= 4 is 29.3 Å². The van der Waals surface area contributed by atoms with Crippen molar-refractivity contribution in [2.75, 3.05) is 11.9 Å². The highest BCUT2D eigenvalue weighted by atomic mass is 32.1. The van der Waals surface area contributed by atoms with Gasteiger partial charge in [0.2, 0.25) is 0 Å². The molecular formula is C13H19N3O4S. The van der Waals surface area contributed by atoms with Gasteiger partial charge in [0.05, 0.1) is 6.54 Å². The van der Waals surface area contributed by atoms with Crippen molar-refractivity contribution in [2.24, 2.45) is 0 Å². The molecule has 8 heteroatoms. The molecule has 0 radical (unpaired) electrons. The van der Waals surface area contributed by atoms with Crippen LogP contribution in [0.5, 0.6) is 0 Å². The average molecular weight is 313 g/mol. The summed E-state index contributed by atoms with van der Waals surface area (Å²) in [5.74, 6) is 0.370. The number of anilines is 1. The highest BCUT2D eigenvalue weighted by Gasteiger charge is 2.16. The standard InChI is InChI=1S/C13H19N3O4S/c1-5-6-19-12(18)16-9-8-21-10(15-9)7-14-11(17)20-13(2,3)4/h5,8H,1,6-7H2,2-4H3,(H,14,17)(H,16,18). The Kier molecular flexibility index (Phi) is 6.16. The Balaban J connectivity index is 2.40. The number of ether oxygens (including phenoxy) is 2. The molecule has 0 saturated heterocycles. The molecular weight excluding hydrogens is 294 g/mol. The second kappa shape index (κ2) is 7.63. The van der Waals surface area contributed by atoms with E-state index in [1.165, 1.54) is 17.4 Å². The van der Waals surface area contributed by atoms with Gasteiger partial charge in [-0.05, 0) is 20.8 Å². The van der Waals surface area contributed by atoms with Gasteiger partial charge in [-0.2, -0.15) is 0 Å². The number of thiazole rings is 1. The van der Waals surface area contributed by atoms with Crippen molar-refractivity contribution in [3.63, 3.8) is 0 Å². The lowest BCUT2D eigenvalue weighted by molar-refractivity contribution is 0.0523. The van der Waals surface area contributed by atoms with Crippen LogP contribution in [-0.4, -0.2) is 29.4 Å². The van der Waals surface area contributed by atoms with Crippen LogP contribution in [0.2, 0.25) is 0 Å². The van der Waals surface area contributed by atoms with Crippen LogP contribution in [0.1, 0.15) is 25.8 Å². The number of nitrogens with zero attached hydrogens (tertiary/aromatic N) is 1. The fourth-order valence-electron chi connectivity index (χ4n) is 1.19. The van der Waals surface area contributed by atoms with Crippen LogP contribution >= 0.6 is 11.3 Å². The van der Waals surface area contributed by atoms with E-state index < -0.39 is 17.8 Å². The summed E-state index contributed by atoms with van der Waals surface area (Å²) in [7, 11) is 0. The molecule has 0 atom stereocenters. The first-order chi connectivity index (χ1) is 9.80. The summed E-state index contributed by atoms with van der Waals surface area (Å²) in [5, 5.41) is 7.35. The lowest BCUT2D eigenvalue weighted by atomic mass is 10.2. The van der Waals surface area contributed by atoms with Crippen LogP contribution in [0.3, 0.4) is 0 Å². The maximum Gasteiger partial charge on any atom is 0.413 e. The zero-order chi connectivity index (χ0) is 15.9. The zero-order valence-corrected chi connectivity index (χ0v) is 13.1. The van der Waals surface area contributed by atoms with Crippen LogP contribution in [0, 0.1) is 0 Å². The van der Waals surface area contributed by atoms with Gasteiger partial charge < -0.3 is 14.8 Å². The van der Waals surface area contributed by atoms with E-state index in [2.05, 4.69) is 22.2 Å². The highest BCUT2D eigenvalue weighted by Crippen LogP contribution is 2.14. The Morgan fingerprint density at radius 3 is 2.76 bits per heavy atom. The predicted octanol–water partition coefficient (Wildman–Crippen LogP) is 2.90. The molecule has 0 aromatic carbocycles. The normalized spacial score (nSPS) is 10.6. The average Bonchev–Trinajstić information content (AvgIpc) is 2.79. The number of nitrogens with one attached hydrogen (secondary N) is 2. The van der Waals surface area contributed by atoms with Gasteiger partial charge in [-0.15, -0.1) is 11.3 Å². The molecule has 2 N–H and O–H groups in total. The summed E-state index contributed by atoms with van der Waals surface area (Å²) in [6.45, 7) is 9.15. The zero-order valence-electron chi connectivity index (χ0n) is 12.3. The number of hydrogen-bond donors (Lipinski definition) is 2. The molecule has 1 rings (SSSR count). The van der Waals surface area contributed by atoms with Gasteiger partial charge >= 0.3 is 12.2 Å². The molecule has 0 spiro atoms. The Morgan fingerprint density at radius 1 is 1.43 bits per heavy atom. The predicted molar refractivity (Wildman–Crippen MR) is 80.4 cm³/mol. The summed E-state index contributed by atoms with van der Waals surface area (Å²) in [6.07, 6.45) is 0.348. The first-order valence-corrected chi connectivity index (χ1v) is 7.14. The third-order valence-corrected chi connectivity index (χ3v) is 2.75. The van der Waals surface area contributed by atoms with Crippen LogP contribution in [0.25, 0.3) is 0 Å². The van der Waals surface area contributed by atoms with Gasteiger partial charge in [0.15, 0.2) is 0 Å². The fraction of sp³-hybridized carbons (Fsp3) is 0.462. The molecule has 21 heavy (non-hydrogen) atoms. The minimum Gasteiger partial charge on any atom is -0.445 e. The number of rotatable bonds is 5. The largest absolute Gasteiger partial charge is 0.445 e. The Bertz CT molecular complexity index is 508. The molecule has 1 heterocycles. The number of aromatic nitrogens is 1. The van der Waals surface area contributed by atoms with Crippen molar-refractivity contribution in [2.45, 2.75) is 32.9 Å². The van der Waals surface area contributed by atoms with Crippen LogP contribution in [-0.2, 0) is 16.0 Å². The second-order valence-corrected chi connectivity index (χ2v) is 5.94. The first kappa shape index (κ1) is 17.0. The van der Waals surface area contributed by atoms with Gasteiger partial charge in [0.1, 0.15) is 23.0 Å². The summed E-state index contributed by atoms with van der Waals surface area (Å²) >= 11 is 1.30. The molecule has 0 saturated carbocycles. The third-order valence-electron chi connectivity index (χ3n) is 1.90. The van der Waals surface area contributed by atoms with Crippen molar-refractivity contribution in [1.29, 1.82) is 0 Å². The molecule has 0 aliphatic rings. The summed E-state index contributed by atoms with van der Waals surface area (Å²) in [4.78, 5) is 26.9. The van der Waals surface area contributed by atoms with E-state index in [0.717, 1.165) is 0 Å². The fourth-order valence-corrected chi connectivity index (χ4v) is 1.85. The minimum atomic E-state index is -0.605. The number of hydrogen-bond acceptors (Lipinski definition) is 6. The smallest absolute Gasteiger partial charge is 0.413 e. The first-order valence-electron chi connectivity index (χ1n) is 6.26. The van der Waals surface area contributed by atoms with E-state index in [-0.39, 0.29) is 13.2 Å². The second-order valence-electron chi connectivity index (χ2n) is 4.99. The molecule has 1 aromatic heterocycles. The molecule has 116 valence electrons. The number of carbonyl (C=O) groups excluding carboxylic acids is 2. The molecule has 7 nitrogen and oxygen atoms in total. The van der Waals surface area contributed by atoms with Crippen molar-refractivity contribution < 1.29 is 19.1 Å². The third kappa shape index (κ3) is 7.31. The Labute approximate surface area is 127 Å². The van der Waals surface area contributed by atoms with Crippen LogP contribution in [0.4, 0.5) is 15.4 Å². The number of carbonyl (C=O) groups is 2. The Morgan fingerprint density at radius 2 is 2.14 bits per heavy atom. The van der Waals surface area contributed by atoms with Gasteiger partial charge in [0.25, 0.3) is 0 Å². The lowest BCUT2D eigenvalue weighted by Crippen LogP contribution is -2.32. The van der Waals surface area contributed by atoms with Crippen molar-refractivity contribution in [1.82, 2.24) is 10.3 Å². The maximum absolute atomic E-state index is 11.5. The summed E-state index contributed by atoms with van der Waals surface area (Å²) < 4.78 is 9.87. The van der Waals surface area contributed by atoms with Crippen molar-refractivity contribution in [3.05, 3.63) is 23.0 Å². The van der Waals surface area contributed by atoms with Gasteiger partial charge in [-0.25, -0.2) is 14.6 Å². The molecule has 0 fully saturated rings. The number of alkyl carbamates (subject to hydrolysis) is 1. The quantitative estimate of drug-likeness (QED) is 0.816. The molecule has 0 aliphatic heterocycles. The summed E-state index contributed by atoms with van der Waals surface area (Å²) in [5.41, 5.74) is -0.547. The van der Waals surface area contributed by atoms with E-state index >= 15 is 0 Å². The molecule has 1 aromatic rings. The molecule has 0 unspecified atom stereocenters. The van der Waals surface area contributed by atoms with Crippen LogP contribution in [0.15, 0.2) is 18.0 Å². The molecule has 0 aliphatic carbocycles. The maximum atomic E-state index is 11.5. The van der Waals surface area contributed by atoms with Gasteiger partial charge in [-0.1, -0.05) is 12.7 Å². The van der Waals surface area contributed by atoms with Gasteiger partial charge in [0, 0.05) is 5.38 Å². The van der Waals surface area contributed by atoms with E-state index in [4.69, 9.17) is 9.47 Å².